The molecule has 1 saturated heterocycles. The lowest BCUT2D eigenvalue weighted by molar-refractivity contribution is -0.135. The predicted molar refractivity (Wildman–Crippen MR) is 51.4 cm³/mol. The zero-order valence-corrected chi connectivity index (χ0v) is 8.25. The Labute approximate surface area is 79.5 Å². The summed E-state index contributed by atoms with van der Waals surface area (Å²) >= 11 is 0. The fourth-order valence-electron chi connectivity index (χ4n) is 1.98. The summed E-state index contributed by atoms with van der Waals surface area (Å²) in [4.78, 5) is 13.9. The zero-order valence-electron chi connectivity index (χ0n) is 8.25. The van der Waals surface area contributed by atoms with Crippen LogP contribution >= 0.6 is 0 Å². The fraction of sp³-hybridized carbons (Fsp3) is 0.900. The minimum Gasteiger partial charge on any atom is -0.337 e. The molecule has 13 heavy (non-hydrogen) atoms. The lowest BCUT2D eigenvalue weighted by Crippen LogP contribution is -2.53. The minimum atomic E-state index is 0.382. The molecule has 2 rings (SSSR count). The molecule has 1 heterocycles. The highest BCUT2D eigenvalue weighted by Gasteiger charge is 2.36. The largest absolute Gasteiger partial charge is 0.337 e. The van der Waals surface area contributed by atoms with Gasteiger partial charge < -0.3 is 10.2 Å². The normalized spacial score (nSPS) is 29.0. The summed E-state index contributed by atoms with van der Waals surface area (Å²) in [6.45, 7) is 5.02. The highest BCUT2D eigenvalue weighted by Crippen LogP contribution is 2.32. The van der Waals surface area contributed by atoms with E-state index in [1.165, 1.54) is 0 Å². The first-order valence-electron chi connectivity index (χ1n) is 5.34. The number of carbonyl (C=O) groups is 1. The Morgan fingerprint density at radius 2 is 2.31 bits per heavy atom. The number of rotatable bonds is 2. The van der Waals surface area contributed by atoms with Gasteiger partial charge in [-0.15, -0.1) is 0 Å². The monoisotopic (exact) mass is 182 g/mol. The van der Waals surface area contributed by atoms with Gasteiger partial charge in [0.15, 0.2) is 0 Å². The fourth-order valence-corrected chi connectivity index (χ4v) is 1.98. The van der Waals surface area contributed by atoms with Crippen LogP contribution in [-0.4, -0.2) is 36.5 Å². The van der Waals surface area contributed by atoms with E-state index in [0.29, 0.717) is 17.9 Å². The van der Waals surface area contributed by atoms with Crippen LogP contribution < -0.4 is 5.32 Å². The molecule has 1 N–H and O–H groups in total. The van der Waals surface area contributed by atoms with E-state index < -0.39 is 0 Å². The molecule has 1 amide bonds. The standard InChI is InChI=1S/C10H18N2O/c1-2-9-7-11-5-6-12(9)10(13)8-3-4-8/h8-9,11H,2-7H2,1H3. The van der Waals surface area contributed by atoms with E-state index in [9.17, 15) is 4.79 Å². The van der Waals surface area contributed by atoms with E-state index in [0.717, 1.165) is 38.9 Å². The summed E-state index contributed by atoms with van der Waals surface area (Å²) in [6.07, 6.45) is 3.32. The number of piperazine rings is 1. The third-order valence-corrected chi connectivity index (χ3v) is 3.03. The Balaban J connectivity index is 1.96. The van der Waals surface area contributed by atoms with Gasteiger partial charge in [0.25, 0.3) is 0 Å². The molecule has 3 heteroatoms. The van der Waals surface area contributed by atoms with Gasteiger partial charge in [0, 0.05) is 31.6 Å². The molecule has 0 bridgehead atoms. The molecule has 1 aliphatic heterocycles. The summed E-state index contributed by atoms with van der Waals surface area (Å²) in [5.74, 6) is 0.792. The van der Waals surface area contributed by atoms with Crippen molar-refractivity contribution in [1.82, 2.24) is 10.2 Å². The first-order chi connectivity index (χ1) is 6.33. The molecule has 0 aromatic heterocycles. The van der Waals surface area contributed by atoms with Gasteiger partial charge in [0.1, 0.15) is 0 Å². The quantitative estimate of drug-likeness (QED) is 0.678. The summed E-state index contributed by atoms with van der Waals surface area (Å²) < 4.78 is 0. The molecule has 74 valence electrons. The van der Waals surface area contributed by atoms with Crippen molar-refractivity contribution in [1.29, 1.82) is 0 Å². The Morgan fingerprint density at radius 3 is 2.92 bits per heavy atom. The van der Waals surface area contributed by atoms with Crippen molar-refractivity contribution in [3.63, 3.8) is 0 Å². The van der Waals surface area contributed by atoms with Crippen LogP contribution in [0.4, 0.5) is 0 Å². The number of carbonyl (C=O) groups excluding carboxylic acids is 1. The molecule has 0 aromatic carbocycles. The Kier molecular flexibility index (Phi) is 2.54. The Bertz CT molecular complexity index is 201. The van der Waals surface area contributed by atoms with Crippen LogP contribution in [-0.2, 0) is 4.79 Å². The molecule has 1 saturated carbocycles. The van der Waals surface area contributed by atoms with Crippen molar-refractivity contribution in [3.8, 4) is 0 Å². The highest BCUT2D eigenvalue weighted by atomic mass is 16.2. The van der Waals surface area contributed by atoms with Crippen LogP contribution in [0.2, 0.25) is 0 Å². The Morgan fingerprint density at radius 1 is 1.54 bits per heavy atom. The van der Waals surface area contributed by atoms with Crippen molar-refractivity contribution in [2.24, 2.45) is 5.92 Å². The molecule has 1 aliphatic carbocycles. The van der Waals surface area contributed by atoms with Gasteiger partial charge in [-0.2, -0.15) is 0 Å². The highest BCUT2D eigenvalue weighted by molar-refractivity contribution is 5.81. The Hall–Kier alpha value is -0.570. The molecule has 0 aromatic rings. The second-order valence-electron chi connectivity index (χ2n) is 4.07. The number of hydrogen-bond donors (Lipinski definition) is 1. The van der Waals surface area contributed by atoms with Crippen LogP contribution in [0.1, 0.15) is 26.2 Å². The van der Waals surface area contributed by atoms with Crippen LogP contribution in [0, 0.1) is 5.92 Å². The minimum absolute atomic E-state index is 0.382. The molecular weight excluding hydrogens is 164 g/mol. The van der Waals surface area contributed by atoms with Gasteiger partial charge in [0.05, 0.1) is 0 Å². The zero-order chi connectivity index (χ0) is 9.26. The molecule has 0 radical (unpaired) electrons. The second-order valence-corrected chi connectivity index (χ2v) is 4.07. The van der Waals surface area contributed by atoms with Crippen molar-refractivity contribution in [2.45, 2.75) is 32.2 Å². The number of nitrogens with one attached hydrogen (secondary N) is 1. The second kappa shape index (κ2) is 3.66. The van der Waals surface area contributed by atoms with Crippen molar-refractivity contribution in [2.75, 3.05) is 19.6 Å². The molecule has 1 atom stereocenters. The third-order valence-electron chi connectivity index (χ3n) is 3.03. The van der Waals surface area contributed by atoms with E-state index in [2.05, 4.69) is 17.1 Å². The van der Waals surface area contributed by atoms with Crippen molar-refractivity contribution >= 4 is 5.91 Å². The number of amides is 1. The van der Waals surface area contributed by atoms with E-state index in [4.69, 9.17) is 0 Å². The third kappa shape index (κ3) is 1.85. The number of nitrogens with zero attached hydrogens (tertiary/aromatic N) is 1. The summed E-state index contributed by atoms with van der Waals surface area (Å²) in [5, 5.41) is 3.34. The maximum atomic E-state index is 11.8. The SMILES string of the molecule is CCC1CNCCN1C(=O)C1CC1. The van der Waals surface area contributed by atoms with Crippen LogP contribution in [0.15, 0.2) is 0 Å². The van der Waals surface area contributed by atoms with Gasteiger partial charge >= 0.3 is 0 Å². The lowest BCUT2D eigenvalue weighted by Gasteiger charge is -2.35. The lowest BCUT2D eigenvalue weighted by atomic mass is 10.1. The maximum Gasteiger partial charge on any atom is 0.226 e. The average molecular weight is 182 g/mol. The van der Waals surface area contributed by atoms with E-state index in [-0.39, 0.29) is 0 Å². The van der Waals surface area contributed by atoms with Gasteiger partial charge in [-0.3, -0.25) is 4.79 Å². The van der Waals surface area contributed by atoms with Gasteiger partial charge in [-0.25, -0.2) is 0 Å². The van der Waals surface area contributed by atoms with Gasteiger partial charge in [0.2, 0.25) is 5.91 Å². The summed E-state index contributed by atoms with van der Waals surface area (Å²) in [5.41, 5.74) is 0. The summed E-state index contributed by atoms with van der Waals surface area (Å²) in [6, 6.07) is 0.446. The molecule has 0 spiro atoms. The van der Waals surface area contributed by atoms with E-state index >= 15 is 0 Å². The predicted octanol–water partition coefficient (Wildman–Crippen LogP) is 0.607. The molecule has 2 aliphatic rings. The molecule has 3 nitrogen and oxygen atoms in total. The smallest absolute Gasteiger partial charge is 0.226 e. The molecular formula is C10H18N2O. The van der Waals surface area contributed by atoms with Crippen LogP contribution in [0.25, 0.3) is 0 Å². The maximum absolute atomic E-state index is 11.8. The van der Waals surface area contributed by atoms with Crippen molar-refractivity contribution in [3.05, 3.63) is 0 Å². The van der Waals surface area contributed by atoms with E-state index in [1.54, 1.807) is 0 Å². The van der Waals surface area contributed by atoms with Crippen LogP contribution in [0.3, 0.4) is 0 Å². The first-order valence-corrected chi connectivity index (χ1v) is 5.34. The molecule has 1 unspecified atom stereocenters. The van der Waals surface area contributed by atoms with Crippen molar-refractivity contribution < 1.29 is 4.79 Å². The van der Waals surface area contributed by atoms with Crippen LogP contribution in [0.5, 0.6) is 0 Å². The summed E-state index contributed by atoms with van der Waals surface area (Å²) in [7, 11) is 0. The van der Waals surface area contributed by atoms with Gasteiger partial charge in [-0.1, -0.05) is 6.92 Å². The average Bonchev–Trinajstić information content (AvgIpc) is 3.00. The molecule has 2 fully saturated rings. The van der Waals surface area contributed by atoms with Gasteiger partial charge in [-0.05, 0) is 19.3 Å². The topological polar surface area (TPSA) is 32.3 Å². The number of hydrogen-bond acceptors (Lipinski definition) is 2. The van der Waals surface area contributed by atoms with E-state index in [1.807, 2.05) is 0 Å². The first kappa shape index (κ1) is 9.00.